The van der Waals surface area contributed by atoms with Crippen molar-refractivity contribution < 1.29 is 23.8 Å². The largest absolute Gasteiger partial charge is 0.479 e. The summed E-state index contributed by atoms with van der Waals surface area (Å²) in [6.45, 7) is 4.60. The van der Waals surface area contributed by atoms with Crippen LogP contribution in [0.15, 0.2) is 53.9 Å². The number of ether oxygens (including phenoxy) is 3. The number of esters is 1. The molecule has 0 N–H and O–H groups in total. The molecule has 0 fully saturated rings. The number of aromatic nitrogens is 1. The highest BCUT2D eigenvalue weighted by Gasteiger charge is 2.33. The van der Waals surface area contributed by atoms with Crippen LogP contribution in [0.4, 0.5) is 5.69 Å². The number of hydrogen-bond acceptors (Lipinski definition) is 7. The van der Waals surface area contributed by atoms with Crippen molar-refractivity contribution in [3.05, 3.63) is 53.9 Å². The van der Waals surface area contributed by atoms with Gasteiger partial charge in [0.25, 0.3) is 5.91 Å². The Balaban J connectivity index is 1.53. The van der Waals surface area contributed by atoms with Crippen molar-refractivity contribution in [3.8, 4) is 27.6 Å². The first-order valence-electron chi connectivity index (χ1n) is 10.9. The summed E-state index contributed by atoms with van der Waals surface area (Å²) in [5.41, 5.74) is 3.21. The molecule has 0 saturated heterocycles. The monoisotopic (exact) mass is 466 g/mol. The van der Waals surface area contributed by atoms with Crippen LogP contribution in [0.2, 0.25) is 0 Å². The number of carbonyl (C=O) groups excluding carboxylic acids is 2. The Morgan fingerprint density at radius 3 is 2.73 bits per heavy atom. The Hall–Kier alpha value is -3.23. The molecule has 0 aliphatic carbocycles. The van der Waals surface area contributed by atoms with Gasteiger partial charge in [-0.2, -0.15) is 0 Å². The third-order valence-electron chi connectivity index (χ3n) is 5.11. The van der Waals surface area contributed by atoms with Crippen LogP contribution < -0.4 is 9.64 Å². The topological polar surface area (TPSA) is 78.0 Å². The molecule has 4 rings (SSSR count). The van der Waals surface area contributed by atoms with Crippen LogP contribution in [0, 0.1) is 0 Å². The van der Waals surface area contributed by atoms with Crippen LogP contribution in [-0.2, 0) is 19.1 Å². The molecule has 33 heavy (non-hydrogen) atoms. The Bertz CT molecular complexity index is 1110. The van der Waals surface area contributed by atoms with Crippen molar-refractivity contribution in [2.75, 3.05) is 31.3 Å². The van der Waals surface area contributed by atoms with E-state index in [1.54, 1.807) is 18.3 Å². The molecule has 1 aliphatic rings. The van der Waals surface area contributed by atoms with Crippen LogP contribution in [0.3, 0.4) is 0 Å². The number of fused-ring (bicyclic) bond motifs is 1. The van der Waals surface area contributed by atoms with Crippen molar-refractivity contribution >= 4 is 28.9 Å². The number of hydrogen-bond donors (Lipinski definition) is 0. The molecule has 3 aromatic rings. The van der Waals surface area contributed by atoms with E-state index < -0.39 is 12.1 Å². The first-order valence-corrected chi connectivity index (χ1v) is 11.8. The zero-order valence-electron chi connectivity index (χ0n) is 18.7. The third kappa shape index (κ3) is 5.40. The molecule has 172 valence electrons. The summed E-state index contributed by atoms with van der Waals surface area (Å²) in [5, 5.41) is 2.89. The molecule has 1 atom stereocenters. The number of carbonyl (C=O) groups is 2. The highest BCUT2D eigenvalue weighted by molar-refractivity contribution is 7.13. The molecular formula is C25H26N2O5S. The van der Waals surface area contributed by atoms with Gasteiger partial charge in [-0.15, -0.1) is 11.3 Å². The van der Waals surface area contributed by atoms with Crippen molar-refractivity contribution in [3.63, 3.8) is 0 Å². The predicted octanol–water partition coefficient (Wildman–Crippen LogP) is 4.56. The number of nitrogens with zero attached hydrogens (tertiary/aromatic N) is 2. The lowest BCUT2D eigenvalue weighted by Crippen LogP contribution is -2.47. The second-order valence-electron chi connectivity index (χ2n) is 7.60. The summed E-state index contributed by atoms with van der Waals surface area (Å²) < 4.78 is 16.3. The maximum atomic E-state index is 12.8. The van der Waals surface area contributed by atoms with Gasteiger partial charge in [-0.25, -0.2) is 4.98 Å². The van der Waals surface area contributed by atoms with Gasteiger partial charge in [0.05, 0.1) is 18.0 Å². The molecular weight excluding hydrogens is 440 g/mol. The van der Waals surface area contributed by atoms with Gasteiger partial charge in [0.1, 0.15) is 23.9 Å². The fraction of sp³-hybridized carbons (Fsp3) is 0.320. The molecule has 0 saturated carbocycles. The van der Waals surface area contributed by atoms with Gasteiger partial charge >= 0.3 is 5.97 Å². The average molecular weight is 467 g/mol. The SMILES string of the molecule is CCCOCCOC(=O)CN1C(=O)C(C)Oc2ccc(-c3csc(-c4ccccc4)n3)cc21. The molecule has 1 unspecified atom stereocenters. The van der Waals surface area contributed by atoms with Gasteiger partial charge in [0.15, 0.2) is 6.10 Å². The molecule has 1 amide bonds. The third-order valence-corrected chi connectivity index (χ3v) is 6.01. The Kier molecular flexibility index (Phi) is 7.36. The summed E-state index contributed by atoms with van der Waals surface area (Å²) >= 11 is 1.55. The van der Waals surface area contributed by atoms with Crippen LogP contribution in [0.5, 0.6) is 5.75 Å². The van der Waals surface area contributed by atoms with E-state index in [-0.39, 0.29) is 19.1 Å². The van der Waals surface area contributed by atoms with Crippen molar-refractivity contribution in [2.24, 2.45) is 0 Å². The number of benzene rings is 2. The number of anilines is 1. The van der Waals surface area contributed by atoms with Gasteiger partial charge in [0.2, 0.25) is 0 Å². The van der Waals surface area contributed by atoms with Crippen molar-refractivity contribution in [2.45, 2.75) is 26.4 Å². The van der Waals surface area contributed by atoms with E-state index >= 15 is 0 Å². The molecule has 0 bridgehead atoms. The second kappa shape index (κ2) is 10.6. The minimum Gasteiger partial charge on any atom is -0.479 e. The predicted molar refractivity (Wildman–Crippen MR) is 127 cm³/mol. The lowest BCUT2D eigenvalue weighted by atomic mass is 10.1. The van der Waals surface area contributed by atoms with E-state index in [0.717, 1.165) is 28.2 Å². The minimum atomic E-state index is -0.687. The second-order valence-corrected chi connectivity index (χ2v) is 8.46. The summed E-state index contributed by atoms with van der Waals surface area (Å²) in [6.07, 6.45) is 0.215. The molecule has 0 spiro atoms. The van der Waals surface area contributed by atoms with Crippen LogP contribution in [0.1, 0.15) is 20.3 Å². The van der Waals surface area contributed by atoms with Gasteiger partial charge in [-0.3, -0.25) is 14.5 Å². The Morgan fingerprint density at radius 1 is 1.12 bits per heavy atom. The fourth-order valence-corrected chi connectivity index (χ4v) is 4.32. The maximum Gasteiger partial charge on any atom is 0.326 e. The normalized spacial score (nSPS) is 15.2. The summed E-state index contributed by atoms with van der Waals surface area (Å²) in [5.74, 6) is -0.237. The standard InChI is InChI=1S/C25H26N2O5S/c1-3-11-30-12-13-31-23(28)15-27-21-14-19(9-10-22(21)32-17(2)25(27)29)20-16-33-24(26-20)18-7-5-4-6-8-18/h4-10,14,16-17H,3,11-13,15H2,1-2H3. The molecule has 1 aliphatic heterocycles. The highest BCUT2D eigenvalue weighted by Crippen LogP contribution is 2.38. The highest BCUT2D eigenvalue weighted by atomic mass is 32.1. The van der Waals surface area contributed by atoms with Crippen molar-refractivity contribution in [1.82, 2.24) is 4.98 Å². The number of thiazole rings is 1. The number of rotatable bonds is 9. The smallest absolute Gasteiger partial charge is 0.326 e. The van der Waals surface area contributed by atoms with E-state index in [1.807, 2.05) is 60.8 Å². The van der Waals surface area contributed by atoms with Gasteiger partial charge in [0, 0.05) is 23.1 Å². The first-order chi connectivity index (χ1) is 16.1. The van der Waals surface area contributed by atoms with Crippen molar-refractivity contribution in [1.29, 1.82) is 0 Å². The Labute approximate surface area is 196 Å². The molecule has 2 heterocycles. The van der Waals surface area contributed by atoms with Crippen LogP contribution >= 0.6 is 11.3 Å². The van der Waals surface area contributed by atoms with Crippen LogP contribution in [-0.4, -0.2) is 49.3 Å². The van der Waals surface area contributed by atoms with Crippen LogP contribution in [0.25, 0.3) is 21.8 Å². The fourth-order valence-electron chi connectivity index (χ4n) is 3.48. The molecule has 8 heteroatoms. The quantitative estimate of drug-likeness (QED) is 0.340. The zero-order valence-corrected chi connectivity index (χ0v) is 19.5. The minimum absolute atomic E-state index is 0.154. The summed E-state index contributed by atoms with van der Waals surface area (Å²) in [4.78, 5) is 31.4. The lowest BCUT2D eigenvalue weighted by Gasteiger charge is -2.32. The Morgan fingerprint density at radius 2 is 1.94 bits per heavy atom. The summed E-state index contributed by atoms with van der Waals surface area (Å²) in [6, 6.07) is 15.5. The van der Waals surface area contributed by atoms with Gasteiger partial charge < -0.3 is 14.2 Å². The average Bonchev–Trinajstić information content (AvgIpc) is 3.33. The van der Waals surface area contributed by atoms with Gasteiger partial charge in [-0.1, -0.05) is 37.3 Å². The van der Waals surface area contributed by atoms with E-state index in [0.29, 0.717) is 24.7 Å². The zero-order chi connectivity index (χ0) is 23.2. The molecule has 1 aromatic heterocycles. The maximum absolute atomic E-state index is 12.8. The van der Waals surface area contributed by atoms with E-state index in [1.165, 1.54) is 4.90 Å². The molecule has 2 aromatic carbocycles. The first kappa shape index (κ1) is 22.9. The van der Waals surface area contributed by atoms with E-state index in [4.69, 9.17) is 19.2 Å². The molecule has 7 nitrogen and oxygen atoms in total. The lowest BCUT2D eigenvalue weighted by molar-refractivity contribution is -0.144. The number of amides is 1. The molecule has 0 radical (unpaired) electrons. The summed E-state index contributed by atoms with van der Waals surface area (Å²) in [7, 11) is 0. The van der Waals surface area contributed by atoms with E-state index in [9.17, 15) is 9.59 Å². The van der Waals surface area contributed by atoms with E-state index in [2.05, 4.69) is 0 Å². The van der Waals surface area contributed by atoms with Gasteiger partial charge in [-0.05, 0) is 31.5 Å².